The molecule has 2 aromatic rings. The standard InChI is InChI=1S/C10H8F2N2O.C7H14O2.C7H16O.C6H12O3/c1-5-3-4-7(9(12)8(5)11)10-13-6(2)15-14-10;1-3-4-5-6-7(8)9-2;1-3-4-5-6-7-8-2;1-3-4-5-9-6(7)8-2/h3-4H,1-2H3;3-6H2,1-2H3;3-7H2,1-2H3;3-5H2,1-2H3. The normalized spacial score (nSPS) is 9.71. The largest absolute Gasteiger partial charge is 0.507 e. The number of carbonyl (C=O) groups excluding carboxylic acids is 2. The van der Waals surface area contributed by atoms with Gasteiger partial charge in [-0.1, -0.05) is 70.5 Å². The molecule has 236 valence electrons. The number of unbranched alkanes of at least 4 members (excludes halogenated alkanes) is 6. The Morgan fingerprint density at radius 2 is 1.44 bits per heavy atom. The van der Waals surface area contributed by atoms with Crippen LogP contribution in [0.2, 0.25) is 0 Å². The smallest absolute Gasteiger partial charge is 0.469 e. The molecule has 0 aliphatic carbocycles. The van der Waals surface area contributed by atoms with Crippen LogP contribution in [0.4, 0.5) is 13.6 Å². The third kappa shape index (κ3) is 21.4. The topological polar surface area (TPSA) is 110 Å². The molecule has 1 aromatic carbocycles. The van der Waals surface area contributed by atoms with Gasteiger partial charge in [0.1, 0.15) is 0 Å². The molecule has 0 saturated heterocycles. The highest BCUT2D eigenvalue weighted by Gasteiger charge is 2.16. The Bertz CT molecular complexity index is 912. The monoisotopic (exact) mass is 588 g/mol. The lowest BCUT2D eigenvalue weighted by molar-refractivity contribution is -0.140. The number of hydrogen-bond donors (Lipinski definition) is 0. The average molecular weight is 589 g/mol. The molecule has 0 atom stereocenters. The molecule has 0 N–H and O–H groups in total. The first-order chi connectivity index (χ1) is 19.6. The second-order valence-corrected chi connectivity index (χ2v) is 8.94. The summed E-state index contributed by atoms with van der Waals surface area (Å²) in [6.07, 6.45) is 10.3. The number of aromatic nitrogens is 2. The molecule has 1 heterocycles. The Balaban J connectivity index is 0. The minimum absolute atomic E-state index is 0.00921. The fraction of sp³-hybridized carbons (Fsp3) is 0.667. The van der Waals surface area contributed by atoms with Gasteiger partial charge in [0.15, 0.2) is 11.6 Å². The van der Waals surface area contributed by atoms with E-state index in [-0.39, 0.29) is 22.9 Å². The van der Waals surface area contributed by atoms with E-state index >= 15 is 0 Å². The number of aryl methyl sites for hydroxylation is 2. The van der Waals surface area contributed by atoms with Crippen LogP contribution in [0.15, 0.2) is 16.7 Å². The summed E-state index contributed by atoms with van der Waals surface area (Å²) in [6, 6.07) is 2.90. The summed E-state index contributed by atoms with van der Waals surface area (Å²) in [5.41, 5.74) is 0.256. The van der Waals surface area contributed by atoms with Crippen LogP contribution in [0, 0.1) is 25.5 Å². The van der Waals surface area contributed by atoms with E-state index in [0.29, 0.717) is 18.9 Å². The number of benzene rings is 1. The number of halogens is 2. The molecule has 0 amide bonds. The van der Waals surface area contributed by atoms with Crippen molar-refractivity contribution in [1.29, 1.82) is 0 Å². The number of esters is 1. The van der Waals surface area contributed by atoms with Crippen molar-refractivity contribution in [3.05, 3.63) is 35.2 Å². The molecule has 11 heteroatoms. The lowest BCUT2D eigenvalue weighted by atomic mass is 10.1. The van der Waals surface area contributed by atoms with Crippen LogP contribution in [-0.2, 0) is 23.7 Å². The van der Waals surface area contributed by atoms with Crippen molar-refractivity contribution in [2.75, 3.05) is 34.5 Å². The Labute approximate surface area is 244 Å². The molecule has 0 aliphatic rings. The Morgan fingerprint density at radius 1 is 0.805 bits per heavy atom. The van der Waals surface area contributed by atoms with E-state index in [1.54, 1.807) is 14.0 Å². The van der Waals surface area contributed by atoms with Crippen molar-refractivity contribution in [2.24, 2.45) is 0 Å². The first-order valence-electron chi connectivity index (χ1n) is 14.1. The zero-order chi connectivity index (χ0) is 31.5. The Kier molecular flexibility index (Phi) is 26.5. The first-order valence-corrected chi connectivity index (χ1v) is 14.1. The highest BCUT2D eigenvalue weighted by molar-refractivity contribution is 5.68. The lowest BCUT2D eigenvalue weighted by Crippen LogP contribution is -2.04. The fourth-order valence-electron chi connectivity index (χ4n) is 2.88. The molecule has 0 saturated carbocycles. The number of nitrogens with zero attached hydrogens (tertiary/aromatic N) is 2. The van der Waals surface area contributed by atoms with Gasteiger partial charge < -0.3 is 23.5 Å². The predicted octanol–water partition coefficient (Wildman–Crippen LogP) is 8.15. The van der Waals surface area contributed by atoms with Crippen molar-refractivity contribution in [1.82, 2.24) is 10.1 Å². The molecule has 0 radical (unpaired) electrons. The second-order valence-electron chi connectivity index (χ2n) is 8.94. The zero-order valence-electron chi connectivity index (χ0n) is 26.1. The molecule has 0 fully saturated rings. The van der Waals surface area contributed by atoms with Gasteiger partial charge in [0.2, 0.25) is 11.7 Å². The van der Waals surface area contributed by atoms with E-state index in [4.69, 9.17) is 9.26 Å². The van der Waals surface area contributed by atoms with Crippen LogP contribution in [-0.4, -0.2) is 56.8 Å². The van der Waals surface area contributed by atoms with E-state index in [2.05, 4.69) is 38.2 Å². The van der Waals surface area contributed by atoms with Crippen LogP contribution in [0.25, 0.3) is 11.4 Å². The zero-order valence-corrected chi connectivity index (χ0v) is 26.1. The van der Waals surface area contributed by atoms with E-state index in [0.717, 1.165) is 38.7 Å². The van der Waals surface area contributed by atoms with E-state index in [9.17, 15) is 18.4 Å². The summed E-state index contributed by atoms with van der Waals surface area (Å²) in [7, 11) is 4.48. The van der Waals surface area contributed by atoms with Crippen molar-refractivity contribution >= 4 is 12.1 Å². The molecular weight excluding hydrogens is 538 g/mol. The van der Waals surface area contributed by atoms with Crippen molar-refractivity contribution in [3.63, 3.8) is 0 Å². The molecule has 0 unspecified atom stereocenters. The van der Waals surface area contributed by atoms with Gasteiger partial charge in [-0.15, -0.1) is 0 Å². The van der Waals surface area contributed by atoms with Gasteiger partial charge in [0.05, 0.1) is 26.4 Å². The summed E-state index contributed by atoms with van der Waals surface area (Å²) < 4.78 is 49.5. The van der Waals surface area contributed by atoms with Gasteiger partial charge >= 0.3 is 12.1 Å². The summed E-state index contributed by atoms with van der Waals surface area (Å²) in [4.78, 5) is 24.5. The average Bonchev–Trinajstić information content (AvgIpc) is 3.41. The minimum atomic E-state index is -0.948. The number of hydrogen-bond acceptors (Lipinski definition) is 9. The van der Waals surface area contributed by atoms with Gasteiger partial charge in [0, 0.05) is 27.1 Å². The SMILES string of the molecule is CCCCCC(=O)OC.CCCCCCOC.CCCCOC(=O)OC.Cc1nc(-c2ccc(C)c(F)c2F)no1. The van der Waals surface area contributed by atoms with Gasteiger partial charge in [-0.25, -0.2) is 13.6 Å². The number of ether oxygens (including phenoxy) is 4. The number of rotatable bonds is 13. The molecule has 1 aromatic heterocycles. The quantitative estimate of drug-likeness (QED) is 0.169. The Morgan fingerprint density at radius 3 is 1.95 bits per heavy atom. The molecule has 0 spiro atoms. The van der Waals surface area contributed by atoms with Crippen LogP contribution in [0.5, 0.6) is 0 Å². The summed E-state index contributed by atoms with van der Waals surface area (Å²) in [5.74, 6) is -1.55. The fourth-order valence-corrected chi connectivity index (χ4v) is 2.88. The molecule has 41 heavy (non-hydrogen) atoms. The molecule has 0 bridgehead atoms. The maximum atomic E-state index is 13.5. The second kappa shape index (κ2) is 27.1. The maximum absolute atomic E-state index is 13.5. The van der Waals surface area contributed by atoms with Crippen molar-refractivity contribution in [3.8, 4) is 11.4 Å². The minimum Gasteiger partial charge on any atom is -0.469 e. The summed E-state index contributed by atoms with van der Waals surface area (Å²) in [5, 5.41) is 3.52. The van der Waals surface area contributed by atoms with E-state index in [1.807, 2.05) is 6.92 Å². The first kappa shape index (κ1) is 40.1. The van der Waals surface area contributed by atoms with E-state index < -0.39 is 17.8 Å². The van der Waals surface area contributed by atoms with Crippen LogP contribution in [0.3, 0.4) is 0 Å². The lowest BCUT2D eigenvalue weighted by Gasteiger charge is -2.01. The van der Waals surface area contributed by atoms with Gasteiger partial charge in [-0.05, 0) is 37.8 Å². The Hall–Kier alpha value is -3.08. The number of methoxy groups -OCH3 is 3. The highest BCUT2D eigenvalue weighted by Crippen LogP contribution is 2.23. The van der Waals surface area contributed by atoms with E-state index in [1.165, 1.54) is 59.0 Å². The van der Waals surface area contributed by atoms with Crippen LogP contribution in [0.1, 0.15) is 96.4 Å². The molecule has 2 rings (SSSR count). The number of carbonyl (C=O) groups is 2. The molecule has 9 nitrogen and oxygen atoms in total. The molecular formula is C30H50F2N2O7. The maximum Gasteiger partial charge on any atom is 0.507 e. The third-order valence-electron chi connectivity index (χ3n) is 5.34. The predicted molar refractivity (Wildman–Crippen MR) is 155 cm³/mol. The van der Waals surface area contributed by atoms with Crippen LogP contribution >= 0.6 is 0 Å². The van der Waals surface area contributed by atoms with Crippen LogP contribution < -0.4 is 0 Å². The summed E-state index contributed by atoms with van der Waals surface area (Å²) >= 11 is 0. The van der Waals surface area contributed by atoms with Crippen molar-refractivity contribution < 1.29 is 41.8 Å². The summed E-state index contributed by atoms with van der Waals surface area (Å²) in [6.45, 7) is 10.8. The highest BCUT2D eigenvalue weighted by atomic mass is 19.2. The van der Waals surface area contributed by atoms with Gasteiger partial charge in [-0.3, -0.25) is 4.79 Å². The molecule has 0 aliphatic heterocycles. The van der Waals surface area contributed by atoms with Gasteiger partial charge in [-0.2, -0.15) is 4.98 Å². The van der Waals surface area contributed by atoms with Crippen molar-refractivity contribution in [2.45, 2.75) is 98.8 Å². The third-order valence-corrected chi connectivity index (χ3v) is 5.34. The van der Waals surface area contributed by atoms with Gasteiger partial charge in [0.25, 0.3) is 0 Å².